The first-order chi connectivity index (χ1) is 19.9. The summed E-state index contributed by atoms with van der Waals surface area (Å²) in [4.78, 5) is 44.3. The Hall–Kier alpha value is -4.03. The molecule has 0 unspecified atom stereocenters. The maximum atomic E-state index is 12.8. The lowest BCUT2D eigenvalue weighted by Crippen LogP contribution is -2.45. The summed E-state index contributed by atoms with van der Waals surface area (Å²) < 4.78 is 58.6. The highest BCUT2D eigenvalue weighted by molar-refractivity contribution is 7.90. The van der Waals surface area contributed by atoms with Crippen molar-refractivity contribution >= 4 is 44.2 Å². The molecule has 13 nitrogen and oxygen atoms in total. The smallest absolute Gasteiger partial charge is 0.475 e. The van der Waals surface area contributed by atoms with E-state index in [1.165, 1.54) is 22.5 Å². The van der Waals surface area contributed by atoms with E-state index in [9.17, 15) is 36.3 Å². The largest absolute Gasteiger partial charge is 0.490 e. The molecule has 0 aliphatic carbocycles. The van der Waals surface area contributed by atoms with E-state index in [0.717, 1.165) is 22.7 Å². The van der Waals surface area contributed by atoms with Crippen molar-refractivity contribution in [2.45, 2.75) is 56.3 Å². The van der Waals surface area contributed by atoms with Gasteiger partial charge in [0, 0.05) is 38.0 Å². The fraction of sp³-hybridized carbons (Fsp3) is 0.400. The van der Waals surface area contributed by atoms with Crippen molar-refractivity contribution in [3.05, 3.63) is 42.1 Å². The van der Waals surface area contributed by atoms with Crippen LogP contribution in [-0.4, -0.2) is 87.1 Å². The van der Waals surface area contributed by atoms with Crippen LogP contribution < -0.4 is 11.1 Å². The van der Waals surface area contributed by atoms with Gasteiger partial charge in [-0.1, -0.05) is 24.3 Å². The number of alkyl halides is 3. The number of carboxylic acid groups (broad SMARTS) is 1. The fourth-order valence-electron chi connectivity index (χ4n) is 4.31. The number of hydrogen-bond donors (Lipinski definition) is 4. The van der Waals surface area contributed by atoms with E-state index in [2.05, 4.69) is 15.3 Å². The summed E-state index contributed by atoms with van der Waals surface area (Å²) in [5.74, 6) is -2.68. The first-order valence-electron chi connectivity index (χ1n) is 12.6. The molecule has 3 aromatic rings. The number of sulfone groups is 1. The summed E-state index contributed by atoms with van der Waals surface area (Å²) in [5, 5.41) is 20.0. The number of nitrogens with one attached hydrogen (secondary N) is 1. The molecule has 2 aromatic heterocycles. The number of imidazole rings is 1. The number of urea groups is 1. The summed E-state index contributed by atoms with van der Waals surface area (Å²) in [7, 11) is -3.52. The molecule has 4 rings (SSSR count). The second-order valence-corrected chi connectivity index (χ2v) is 12.5. The Labute approximate surface area is 248 Å². The van der Waals surface area contributed by atoms with Gasteiger partial charge in [0.1, 0.15) is 11.9 Å². The third kappa shape index (κ3) is 8.08. The molecule has 1 fully saturated rings. The van der Waals surface area contributed by atoms with E-state index in [1.807, 2.05) is 6.92 Å². The zero-order valence-electron chi connectivity index (χ0n) is 23.1. The minimum absolute atomic E-state index is 0.00202. The van der Waals surface area contributed by atoms with Crippen LogP contribution in [0.5, 0.6) is 0 Å². The number of aliphatic hydroxyl groups is 1. The molecule has 5 N–H and O–H groups in total. The normalized spacial score (nSPS) is 16.9. The van der Waals surface area contributed by atoms with Gasteiger partial charge in [0.25, 0.3) is 0 Å². The molecule has 1 saturated heterocycles. The number of anilines is 1. The zero-order chi connectivity index (χ0) is 32.3. The zero-order valence-corrected chi connectivity index (χ0v) is 24.8. The van der Waals surface area contributed by atoms with Gasteiger partial charge in [0.05, 0.1) is 27.3 Å². The van der Waals surface area contributed by atoms with Crippen molar-refractivity contribution in [1.82, 2.24) is 19.4 Å². The number of thiazole rings is 1. The number of aliphatic hydroxyl groups excluding tert-OH is 1. The molecule has 0 radical (unpaired) electrons. The average Bonchev–Trinajstić information content (AvgIpc) is 3.61. The predicted molar refractivity (Wildman–Crippen MR) is 150 cm³/mol. The van der Waals surface area contributed by atoms with Gasteiger partial charge < -0.3 is 25.4 Å². The van der Waals surface area contributed by atoms with Crippen molar-refractivity contribution in [1.29, 1.82) is 0 Å². The maximum absolute atomic E-state index is 12.8. The van der Waals surface area contributed by atoms with Crippen LogP contribution in [-0.2, 0) is 25.8 Å². The minimum atomic E-state index is -5.08. The van der Waals surface area contributed by atoms with Gasteiger partial charge in [-0.05, 0) is 31.0 Å². The second-order valence-electron chi connectivity index (χ2n) is 9.54. The number of carbonyl (C=O) groups is 3. The van der Waals surface area contributed by atoms with E-state index in [1.54, 1.807) is 42.1 Å². The molecule has 1 aliphatic rings. The van der Waals surface area contributed by atoms with Gasteiger partial charge in [0.2, 0.25) is 5.91 Å². The Morgan fingerprint density at radius 2 is 1.91 bits per heavy atom. The monoisotopic (exact) mass is 646 g/mol. The molecule has 18 heteroatoms. The number of aliphatic carboxylic acids is 1. The number of carbonyl (C=O) groups excluding carboxylic acids is 2. The van der Waals surface area contributed by atoms with Gasteiger partial charge >= 0.3 is 18.2 Å². The van der Waals surface area contributed by atoms with Crippen LogP contribution >= 0.6 is 11.3 Å². The summed E-state index contributed by atoms with van der Waals surface area (Å²) >= 11 is 1.22. The number of halogens is 3. The van der Waals surface area contributed by atoms with Crippen molar-refractivity contribution < 1.29 is 46.2 Å². The number of rotatable bonds is 7. The molecule has 43 heavy (non-hydrogen) atoms. The number of hydrogen-bond acceptors (Lipinski definition) is 9. The topological polar surface area (TPSA) is 198 Å². The number of nitrogens with zero attached hydrogens (tertiary/aromatic N) is 4. The Balaban J connectivity index is 0.000000646. The lowest BCUT2D eigenvalue weighted by molar-refractivity contribution is -0.192. The number of carboxylic acids is 1. The molecule has 1 aromatic carbocycles. The van der Waals surface area contributed by atoms with Crippen LogP contribution in [0.3, 0.4) is 0 Å². The number of amides is 3. The van der Waals surface area contributed by atoms with Crippen LogP contribution in [0.1, 0.15) is 31.3 Å². The first-order valence-corrected chi connectivity index (χ1v) is 15.3. The van der Waals surface area contributed by atoms with E-state index in [0.29, 0.717) is 22.9 Å². The number of aromatic nitrogens is 3. The van der Waals surface area contributed by atoms with Crippen LogP contribution in [0.2, 0.25) is 0 Å². The number of aryl methyl sites for hydroxylation is 2. The van der Waals surface area contributed by atoms with E-state index in [4.69, 9.17) is 15.6 Å². The summed E-state index contributed by atoms with van der Waals surface area (Å²) in [6.07, 6.45) is 0.277. The first kappa shape index (κ1) is 33.5. The van der Waals surface area contributed by atoms with Gasteiger partial charge in [0.15, 0.2) is 15.0 Å². The predicted octanol–water partition coefficient (Wildman–Crippen LogP) is 2.75. The molecule has 3 heterocycles. The summed E-state index contributed by atoms with van der Waals surface area (Å²) in [5.41, 5.74) is 7.24. The van der Waals surface area contributed by atoms with Crippen LogP contribution in [0.25, 0.3) is 16.1 Å². The van der Waals surface area contributed by atoms with E-state index in [-0.39, 0.29) is 17.9 Å². The third-order valence-corrected chi connectivity index (χ3v) is 8.46. The molecule has 2 atom stereocenters. The van der Waals surface area contributed by atoms with E-state index >= 15 is 0 Å². The third-order valence-electron chi connectivity index (χ3n) is 6.19. The number of benzene rings is 1. The maximum Gasteiger partial charge on any atom is 0.490 e. The Morgan fingerprint density at radius 3 is 2.47 bits per heavy atom. The lowest BCUT2D eigenvalue weighted by Gasteiger charge is -2.21. The highest BCUT2D eigenvalue weighted by atomic mass is 32.2. The lowest BCUT2D eigenvalue weighted by atomic mass is 10.1. The number of β-amino-alcohol motifs (C(OH)–C–C–N with tert-alkyl or cyclic N) is 1. The van der Waals surface area contributed by atoms with E-state index < -0.39 is 46.1 Å². The second kappa shape index (κ2) is 13.1. The molecular weight excluding hydrogens is 617 g/mol. The molecule has 234 valence electrons. The molecule has 1 aliphatic heterocycles. The van der Waals surface area contributed by atoms with Crippen LogP contribution in [0.4, 0.5) is 23.1 Å². The highest BCUT2D eigenvalue weighted by Crippen LogP contribution is 2.36. The molecule has 0 saturated carbocycles. The standard InChI is InChI=1S/C23H28N6O5S2.C2HF3O2/c1-4-5-19-25-8-9-28(19)16-10-14(6-7-18(16)36(3,33)34)20-13(2)26-22(35-20)27-23(32)29-12-15(30)11-17(29)21(24)31;3-2(4,5)1(6)7/h6-10,15,17,30H,4-5,11-12H2,1-3H3,(H2,24,31)(H,26,27,32);(H,6,7)/t15-,17-;/m0./s1. The minimum Gasteiger partial charge on any atom is -0.475 e. The molecular formula is C25H29F3N6O7S2. The van der Waals surface area contributed by atoms with Crippen molar-refractivity contribution in [3.8, 4) is 16.1 Å². The van der Waals surface area contributed by atoms with Gasteiger partial charge in [-0.2, -0.15) is 13.2 Å². The van der Waals surface area contributed by atoms with Crippen molar-refractivity contribution in [3.63, 3.8) is 0 Å². The van der Waals surface area contributed by atoms with Crippen LogP contribution in [0, 0.1) is 6.92 Å². The Morgan fingerprint density at radius 1 is 1.26 bits per heavy atom. The van der Waals surface area contributed by atoms with Crippen molar-refractivity contribution in [2.24, 2.45) is 5.73 Å². The van der Waals surface area contributed by atoms with Crippen molar-refractivity contribution in [2.75, 3.05) is 18.1 Å². The fourth-order valence-corrected chi connectivity index (χ4v) is 6.12. The van der Waals surface area contributed by atoms with Gasteiger partial charge in [-0.25, -0.2) is 28.0 Å². The van der Waals surface area contributed by atoms with Crippen LogP contribution in [0.15, 0.2) is 35.5 Å². The molecule has 0 spiro atoms. The summed E-state index contributed by atoms with van der Waals surface area (Å²) in [6, 6.07) is 3.59. The average molecular weight is 647 g/mol. The SMILES string of the molecule is CCCc1nccn1-c1cc(-c2sc(NC(=O)N3C[C@@H](O)C[C@H]3C(N)=O)nc2C)ccc1S(C)(=O)=O.O=C(O)C(F)(F)F. The Kier molecular flexibility index (Phi) is 10.2. The Bertz CT molecular complexity index is 1620. The number of nitrogens with two attached hydrogens (primary N) is 1. The molecule has 0 bridgehead atoms. The number of likely N-dealkylation sites (tertiary alicyclic amines) is 1. The van der Waals surface area contributed by atoms with Gasteiger partial charge in [-0.15, -0.1) is 0 Å². The summed E-state index contributed by atoms with van der Waals surface area (Å²) in [6.45, 7) is 3.81. The van der Waals surface area contributed by atoms with Gasteiger partial charge in [-0.3, -0.25) is 10.1 Å². The highest BCUT2D eigenvalue weighted by Gasteiger charge is 2.39. The molecule has 3 amide bonds. The quantitative estimate of drug-likeness (QED) is 0.298. The number of primary amides is 1.